The number of hydrogen-bond acceptors (Lipinski definition) is 4. The summed E-state index contributed by atoms with van der Waals surface area (Å²) >= 11 is 13.3. The summed E-state index contributed by atoms with van der Waals surface area (Å²) in [5.74, 6) is -0.314. The molecule has 22 heavy (non-hydrogen) atoms. The average molecular weight is 358 g/mol. The predicted molar refractivity (Wildman–Crippen MR) is 89.7 cm³/mol. The number of rotatable bonds is 3. The van der Waals surface area contributed by atoms with Gasteiger partial charge in [-0.05, 0) is 18.6 Å². The average Bonchev–Trinajstić information content (AvgIpc) is 2.81. The Labute approximate surface area is 142 Å². The van der Waals surface area contributed by atoms with Gasteiger partial charge in [-0.15, -0.1) is 0 Å². The van der Waals surface area contributed by atoms with Crippen molar-refractivity contribution in [3.8, 4) is 0 Å². The lowest BCUT2D eigenvalue weighted by atomic mass is 10.2. The summed E-state index contributed by atoms with van der Waals surface area (Å²) in [5, 5.41) is 3.68. The number of carbonyl (C=O) groups excluding carboxylic acids is 2. The van der Waals surface area contributed by atoms with Gasteiger partial charge in [0.25, 0.3) is 0 Å². The van der Waals surface area contributed by atoms with Gasteiger partial charge in [0.05, 0.1) is 15.7 Å². The third kappa shape index (κ3) is 3.09. The Morgan fingerprint density at radius 2 is 2.27 bits per heavy atom. The molecule has 1 atom stereocenters. The Morgan fingerprint density at radius 3 is 3.05 bits per heavy atom. The van der Waals surface area contributed by atoms with Gasteiger partial charge >= 0.3 is 0 Å². The van der Waals surface area contributed by atoms with E-state index in [2.05, 4.69) is 10.3 Å². The van der Waals surface area contributed by atoms with Crippen molar-refractivity contribution >= 4 is 57.6 Å². The molecule has 0 spiro atoms. The quantitative estimate of drug-likeness (QED) is 0.904. The van der Waals surface area contributed by atoms with Gasteiger partial charge in [-0.3, -0.25) is 19.5 Å². The van der Waals surface area contributed by atoms with E-state index in [1.165, 1.54) is 11.8 Å². The number of carbonyl (C=O) groups is 2. The fraction of sp³-hybridized carbons (Fsp3) is 0.357. The molecule has 3 rings (SSSR count). The number of amides is 2. The summed E-state index contributed by atoms with van der Waals surface area (Å²) in [7, 11) is 0. The Balaban J connectivity index is 1.65. The molecule has 0 aromatic heterocycles. The van der Waals surface area contributed by atoms with Gasteiger partial charge in [0.2, 0.25) is 11.8 Å². The monoisotopic (exact) mass is 357 g/mol. The summed E-state index contributed by atoms with van der Waals surface area (Å²) in [6, 6.07) is 5.02. The van der Waals surface area contributed by atoms with Crippen LogP contribution in [0.3, 0.4) is 0 Å². The highest BCUT2D eigenvalue weighted by atomic mass is 35.5. The van der Waals surface area contributed by atoms with Crippen molar-refractivity contribution in [2.24, 2.45) is 4.99 Å². The van der Waals surface area contributed by atoms with Crippen molar-refractivity contribution in [2.75, 3.05) is 18.4 Å². The second kappa shape index (κ2) is 6.48. The standard InChI is InChI=1S/C14H13Cl2N3O2S/c15-8-3-1-4-9(12(8)16)18-11(20)7-10-13(21)19-6-2-5-17-14(19)22-10/h1,3-4,10H,2,5-7H2,(H,18,20). The summed E-state index contributed by atoms with van der Waals surface area (Å²) in [6.45, 7) is 1.42. The maximum atomic E-state index is 12.2. The maximum Gasteiger partial charge on any atom is 0.242 e. The van der Waals surface area contributed by atoms with Crippen LogP contribution in [0, 0.1) is 0 Å². The number of aliphatic imine (C=N–C) groups is 1. The van der Waals surface area contributed by atoms with Crippen LogP contribution in [0.4, 0.5) is 5.69 Å². The van der Waals surface area contributed by atoms with E-state index < -0.39 is 5.25 Å². The number of hydrogen-bond donors (Lipinski definition) is 1. The first-order chi connectivity index (χ1) is 10.6. The second-order valence-corrected chi connectivity index (χ2v) is 6.92. The van der Waals surface area contributed by atoms with Crippen LogP contribution in [-0.2, 0) is 9.59 Å². The minimum Gasteiger partial charge on any atom is -0.325 e. The van der Waals surface area contributed by atoms with E-state index in [0.717, 1.165) is 18.1 Å². The number of amidine groups is 1. The molecule has 116 valence electrons. The van der Waals surface area contributed by atoms with Gasteiger partial charge in [-0.1, -0.05) is 41.0 Å². The first kappa shape index (κ1) is 15.6. The first-order valence-corrected chi connectivity index (χ1v) is 8.46. The van der Waals surface area contributed by atoms with E-state index in [-0.39, 0.29) is 18.2 Å². The van der Waals surface area contributed by atoms with Crippen molar-refractivity contribution in [1.82, 2.24) is 4.90 Å². The molecule has 5 nitrogen and oxygen atoms in total. The largest absolute Gasteiger partial charge is 0.325 e. The van der Waals surface area contributed by atoms with Crippen molar-refractivity contribution in [3.63, 3.8) is 0 Å². The molecule has 2 amide bonds. The van der Waals surface area contributed by atoms with E-state index >= 15 is 0 Å². The van der Waals surface area contributed by atoms with Gasteiger partial charge in [0.1, 0.15) is 5.25 Å². The Morgan fingerprint density at radius 1 is 1.45 bits per heavy atom. The zero-order valence-electron chi connectivity index (χ0n) is 11.5. The first-order valence-electron chi connectivity index (χ1n) is 6.82. The molecular weight excluding hydrogens is 345 g/mol. The number of thioether (sulfide) groups is 1. The lowest BCUT2D eigenvalue weighted by molar-refractivity contribution is -0.128. The maximum absolute atomic E-state index is 12.2. The molecule has 1 saturated heterocycles. The number of nitrogens with one attached hydrogen (secondary N) is 1. The van der Waals surface area contributed by atoms with Crippen LogP contribution < -0.4 is 5.32 Å². The summed E-state index contributed by atoms with van der Waals surface area (Å²) < 4.78 is 0. The van der Waals surface area contributed by atoms with Gasteiger partial charge in [0.15, 0.2) is 5.17 Å². The fourth-order valence-corrected chi connectivity index (χ4v) is 3.88. The Hall–Kier alpha value is -1.24. The van der Waals surface area contributed by atoms with Gasteiger partial charge in [-0.25, -0.2) is 0 Å². The molecule has 0 saturated carbocycles. The van der Waals surface area contributed by atoms with E-state index in [0.29, 0.717) is 22.3 Å². The number of halogens is 2. The van der Waals surface area contributed by atoms with Crippen LogP contribution in [0.15, 0.2) is 23.2 Å². The summed E-state index contributed by atoms with van der Waals surface area (Å²) in [5.41, 5.74) is 0.449. The molecule has 2 aliphatic heterocycles. The van der Waals surface area contributed by atoms with E-state index in [9.17, 15) is 9.59 Å². The number of fused-ring (bicyclic) bond motifs is 1. The summed E-state index contributed by atoms with van der Waals surface area (Å²) in [6.07, 6.45) is 0.953. The highest BCUT2D eigenvalue weighted by Crippen LogP contribution is 2.33. The lowest BCUT2D eigenvalue weighted by Crippen LogP contribution is -2.36. The topological polar surface area (TPSA) is 61.8 Å². The molecule has 1 fully saturated rings. The Kier molecular flexibility index (Phi) is 4.61. The molecule has 1 aromatic rings. The smallest absolute Gasteiger partial charge is 0.242 e. The van der Waals surface area contributed by atoms with Gasteiger partial charge in [0, 0.05) is 19.5 Å². The highest BCUT2D eigenvalue weighted by Gasteiger charge is 2.39. The zero-order chi connectivity index (χ0) is 15.7. The molecule has 1 N–H and O–H groups in total. The predicted octanol–water partition coefficient (Wildman–Crippen LogP) is 3.03. The van der Waals surface area contributed by atoms with E-state index in [1.807, 2.05) is 0 Å². The molecule has 1 aromatic carbocycles. The van der Waals surface area contributed by atoms with Crippen molar-refractivity contribution < 1.29 is 9.59 Å². The number of benzene rings is 1. The van der Waals surface area contributed by atoms with Crippen LogP contribution in [0.2, 0.25) is 10.0 Å². The minimum absolute atomic E-state index is 0.0456. The van der Waals surface area contributed by atoms with Gasteiger partial charge < -0.3 is 5.32 Å². The summed E-state index contributed by atoms with van der Waals surface area (Å²) in [4.78, 5) is 30.4. The second-order valence-electron chi connectivity index (χ2n) is 4.97. The molecule has 1 unspecified atom stereocenters. The Bertz CT molecular complexity index is 665. The van der Waals surface area contributed by atoms with Crippen molar-refractivity contribution in [1.29, 1.82) is 0 Å². The third-order valence-corrected chi connectivity index (χ3v) is 5.44. The van der Waals surface area contributed by atoms with Crippen LogP contribution in [0.1, 0.15) is 12.8 Å². The molecule has 8 heteroatoms. The van der Waals surface area contributed by atoms with Crippen LogP contribution >= 0.6 is 35.0 Å². The normalized spacial score (nSPS) is 20.6. The number of nitrogens with zero attached hydrogens (tertiary/aromatic N) is 2. The van der Waals surface area contributed by atoms with Crippen molar-refractivity contribution in [2.45, 2.75) is 18.1 Å². The van der Waals surface area contributed by atoms with Crippen LogP contribution in [0.25, 0.3) is 0 Å². The molecule has 2 heterocycles. The zero-order valence-corrected chi connectivity index (χ0v) is 13.8. The van der Waals surface area contributed by atoms with E-state index in [1.54, 1.807) is 23.1 Å². The van der Waals surface area contributed by atoms with Crippen LogP contribution in [0.5, 0.6) is 0 Å². The van der Waals surface area contributed by atoms with Crippen molar-refractivity contribution in [3.05, 3.63) is 28.2 Å². The lowest BCUT2D eigenvalue weighted by Gasteiger charge is -2.19. The highest BCUT2D eigenvalue weighted by molar-refractivity contribution is 8.15. The fourth-order valence-electron chi connectivity index (χ4n) is 2.34. The van der Waals surface area contributed by atoms with E-state index in [4.69, 9.17) is 23.2 Å². The molecule has 0 aliphatic carbocycles. The van der Waals surface area contributed by atoms with Gasteiger partial charge in [-0.2, -0.15) is 0 Å². The molecule has 0 bridgehead atoms. The molecular formula is C14H13Cl2N3O2S. The SMILES string of the molecule is O=C(CC1SC2=NCCCN2C1=O)Nc1cccc(Cl)c1Cl. The third-order valence-electron chi connectivity index (χ3n) is 3.40. The molecule has 0 radical (unpaired) electrons. The minimum atomic E-state index is -0.421. The van der Waals surface area contributed by atoms with Crippen LogP contribution in [-0.4, -0.2) is 40.2 Å². The molecule has 2 aliphatic rings. The number of anilines is 1.